The Morgan fingerprint density at radius 1 is 1.32 bits per heavy atom. The summed E-state index contributed by atoms with van der Waals surface area (Å²) in [4.78, 5) is 21.2. The van der Waals surface area contributed by atoms with E-state index in [1.807, 2.05) is 0 Å². The Kier molecular flexibility index (Phi) is 5.01. The molecule has 19 heavy (non-hydrogen) atoms. The van der Waals surface area contributed by atoms with Gasteiger partial charge in [-0.15, -0.1) is 0 Å². The number of hydrogen-bond donors (Lipinski definition) is 2. The molecule has 1 rings (SSSR count). The summed E-state index contributed by atoms with van der Waals surface area (Å²) in [5, 5.41) is 11.2. The van der Waals surface area contributed by atoms with Crippen LogP contribution in [0.5, 0.6) is 0 Å². The number of carbonyl (C=O) groups excluding carboxylic acids is 1. The summed E-state index contributed by atoms with van der Waals surface area (Å²) < 4.78 is 26.4. The minimum Gasteiger partial charge on any atom is -0.478 e. The smallest absolute Gasteiger partial charge is 0.338 e. The normalized spacial score (nSPS) is 9.42. The molecule has 0 aromatic heterocycles. The predicted molar refractivity (Wildman–Crippen MR) is 63.5 cm³/mol. The lowest BCUT2D eigenvalue weighted by atomic mass is 10.1. The first-order chi connectivity index (χ1) is 8.91. The van der Waals surface area contributed by atoms with E-state index in [2.05, 4.69) is 17.2 Å². The van der Waals surface area contributed by atoms with Crippen molar-refractivity contribution in [2.75, 3.05) is 6.54 Å². The summed E-state index contributed by atoms with van der Waals surface area (Å²) in [5.74, 6) is 1.21. The van der Waals surface area contributed by atoms with E-state index in [1.54, 1.807) is 0 Å². The zero-order valence-electron chi connectivity index (χ0n) is 10.1. The number of carboxylic acid groups (broad SMARTS) is 1. The highest BCUT2D eigenvalue weighted by Crippen LogP contribution is 2.14. The van der Waals surface area contributed by atoms with Gasteiger partial charge in [0, 0.05) is 26.0 Å². The lowest BCUT2D eigenvalue weighted by Crippen LogP contribution is -2.20. The maximum Gasteiger partial charge on any atom is 0.338 e. The maximum absolute atomic E-state index is 13.3. The van der Waals surface area contributed by atoms with Gasteiger partial charge in [-0.2, -0.15) is 0 Å². The van der Waals surface area contributed by atoms with E-state index in [4.69, 9.17) is 5.11 Å². The van der Waals surface area contributed by atoms with Crippen molar-refractivity contribution >= 4 is 11.9 Å². The van der Waals surface area contributed by atoms with Gasteiger partial charge in [-0.25, -0.2) is 13.6 Å². The number of carboxylic acids is 1. The van der Waals surface area contributed by atoms with Crippen molar-refractivity contribution in [2.45, 2.75) is 13.3 Å². The largest absolute Gasteiger partial charge is 0.478 e. The molecule has 0 saturated heterocycles. The Hall–Kier alpha value is -2.42. The van der Waals surface area contributed by atoms with Gasteiger partial charge in [0.1, 0.15) is 11.6 Å². The van der Waals surface area contributed by atoms with E-state index in [1.165, 1.54) is 6.92 Å². The van der Waals surface area contributed by atoms with Crippen LogP contribution < -0.4 is 5.32 Å². The Balaban J connectivity index is 2.84. The first-order valence-electron chi connectivity index (χ1n) is 5.37. The maximum atomic E-state index is 13.3. The van der Waals surface area contributed by atoms with Gasteiger partial charge < -0.3 is 10.4 Å². The third kappa shape index (κ3) is 4.39. The van der Waals surface area contributed by atoms with E-state index in [0.29, 0.717) is 12.6 Å². The van der Waals surface area contributed by atoms with Crippen LogP contribution >= 0.6 is 0 Å². The molecule has 0 aliphatic heterocycles. The van der Waals surface area contributed by atoms with Gasteiger partial charge in [-0.1, -0.05) is 11.8 Å². The Labute approximate surface area is 108 Å². The average Bonchev–Trinajstić information content (AvgIpc) is 2.30. The van der Waals surface area contributed by atoms with E-state index in [0.717, 1.165) is 6.07 Å². The topological polar surface area (TPSA) is 66.4 Å². The molecule has 0 heterocycles. The van der Waals surface area contributed by atoms with Crippen molar-refractivity contribution in [3.8, 4) is 11.8 Å². The minimum absolute atomic E-state index is 0.193. The molecule has 6 heteroatoms. The van der Waals surface area contributed by atoms with Crippen LogP contribution in [0.25, 0.3) is 0 Å². The number of benzene rings is 1. The lowest BCUT2D eigenvalue weighted by Gasteiger charge is -2.00. The lowest BCUT2D eigenvalue weighted by molar-refractivity contribution is -0.118. The first-order valence-corrected chi connectivity index (χ1v) is 5.37. The number of hydrogen-bond acceptors (Lipinski definition) is 2. The van der Waals surface area contributed by atoms with Gasteiger partial charge in [0.05, 0.1) is 11.1 Å². The second kappa shape index (κ2) is 6.50. The van der Waals surface area contributed by atoms with Crippen LogP contribution in [0.3, 0.4) is 0 Å². The van der Waals surface area contributed by atoms with Gasteiger partial charge in [0.2, 0.25) is 5.91 Å². The molecule has 0 spiro atoms. The van der Waals surface area contributed by atoms with Crippen LogP contribution in [0.15, 0.2) is 12.1 Å². The van der Waals surface area contributed by atoms with Gasteiger partial charge >= 0.3 is 5.97 Å². The molecule has 0 radical (unpaired) electrons. The molecular weight excluding hydrogens is 256 g/mol. The zero-order chi connectivity index (χ0) is 14.4. The van der Waals surface area contributed by atoms with Crippen LogP contribution in [-0.2, 0) is 4.79 Å². The van der Waals surface area contributed by atoms with Gasteiger partial charge in [-0.3, -0.25) is 4.79 Å². The van der Waals surface area contributed by atoms with Crippen LogP contribution in [0.2, 0.25) is 0 Å². The van der Waals surface area contributed by atoms with Crippen LogP contribution in [0.4, 0.5) is 8.78 Å². The average molecular weight is 267 g/mol. The SMILES string of the molecule is CC(=O)NCCC#Cc1cc(C(=O)O)c(F)cc1F. The summed E-state index contributed by atoms with van der Waals surface area (Å²) in [5.41, 5.74) is -0.825. The number of rotatable bonds is 3. The fourth-order valence-electron chi connectivity index (χ4n) is 1.27. The van der Waals surface area contributed by atoms with Gasteiger partial charge in [-0.05, 0) is 6.07 Å². The molecule has 0 unspecified atom stereocenters. The van der Waals surface area contributed by atoms with Crippen molar-refractivity contribution in [1.82, 2.24) is 5.32 Å². The summed E-state index contributed by atoms with van der Waals surface area (Å²) in [6, 6.07) is 1.33. The Morgan fingerprint density at radius 2 is 2.00 bits per heavy atom. The van der Waals surface area contributed by atoms with Crippen molar-refractivity contribution in [3.05, 3.63) is 34.9 Å². The molecule has 4 nitrogen and oxygen atoms in total. The number of halogens is 2. The van der Waals surface area contributed by atoms with Crippen LogP contribution in [-0.4, -0.2) is 23.5 Å². The molecule has 0 saturated carbocycles. The van der Waals surface area contributed by atoms with E-state index in [-0.39, 0.29) is 17.9 Å². The summed E-state index contributed by atoms with van der Waals surface area (Å²) in [6.07, 6.45) is 0.277. The van der Waals surface area contributed by atoms with Gasteiger partial charge in [0.15, 0.2) is 0 Å². The monoisotopic (exact) mass is 267 g/mol. The molecule has 0 aliphatic rings. The molecule has 1 aromatic carbocycles. The van der Waals surface area contributed by atoms with E-state index in [9.17, 15) is 18.4 Å². The molecule has 1 aromatic rings. The second-order valence-electron chi connectivity index (χ2n) is 3.65. The highest BCUT2D eigenvalue weighted by molar-refractivity contribution is 5.88. The summed E-state index contributed by atoms with van der Waals surface area (Å²) in [7, 11) is 0. The second-order valence-corrected chi connectivity index (χ2v) is 3.65. The van der Waals surface area contributed by atoms with Crippen molar-refractivity contribution in [1.29, 1.82) is 0 Å². The predicted octanol–water partition coefficient (Wildman–Crippen LogP) is 1.54. The van der Waals surface area contributed by atoms with Crippen LogP contribution in [0.1, 0.15) is 29.3 Å². The molecule has 0 fully saturated rings. The minimum atomic E-state index is -1.49. The number of nitrogens with one attached hydrogen (secondary N) is 1. The van der Waals surface area contributed by atoms with E-state index < -0.39 is 23.2 Å². The Bertz CT molecular complexity index is 573. The van der Waals surface area contributed by atoms with Crippen molar-refractivity contribution in [3.63, 3.8) is 0 Å². The van der Waals surface area contributed by atoms with E-state index >= 15 is 0 Å². The fraction of sp³-hybridized carbons (Fsp3) is 0.231. The summed E-state index contributed by atoms with van der Waals surface area (Å²) >= 11 is 0. The van der Waals surface area contributed by atoms with Crippen molar-refractivity contribution < 1.29 is 23.5 Å². The first kappa shape index (κ1) is 14.6. The number of carbonyl (C=O) groups is 2. The summed E-state index contributed by atoms with van der Waals surface area (Å²) in [6.45, 7) is 1.66. The highest BCUT2D eigenvalue weighted by atomic mass is 19.1. The molecule has 0 atom stereocenters. The molecule has 2 N–H and O–H groups in total. The molecule has 0 bridgehead atoms. The number of aromatic carboxylic acids is 1. The van der Waals surface area contributed by atoms with Crippen molar-refractivity contribution in [2.24, 2.45) is 0 Å². The molecule has 100 valence electrons. The van der Waals surface area contributed by atoms with Crippen LogP contribution in [0, 0.1) is 23.5 Å². The zero-order valence-corrected chi connectivity index (χ0v) is 10.1. The Morgan fingerprint density at radius 3 is 2.58 bits per heavy atom. The molecule has 1 amide bonds. The molecule has 0 aliphatic carbocycles. The standard InChI is InChI=1S/C13H11F2NO3/c1-8(17)16-5-3-2-4-9-6-10(13(18)19)12(15)7-11(9)14/h6-7H,3,5H2,1H3,(H,16,17)(H,18,19). The third-order valence-electron chi connectivity index (χ3n) is 2.13. The third-order valence-corrected chi connectivity index (χ3v) is 2.13. The number of amides is 1. The fourth-order valence-corrected chi connectivity index (χ4v) is 1.27. The molecular formula is C13H11F2NO3. The van der Waals surface area contributed by atoms with Gasteiger partial charge in [0.25, 0.3) is 0 Å². The quantitative estimate of drug-likeness (QED) is 0.645. The highest BCUT2D eigenvalue weighted by Gasteiger charge is 2.13.